The van der Waals surface area contributed by atoms with Crippen LogP contribution in [0.15, 0.2) is 17.0 Å². The van der Waals surface area contributed by atoms with Gasteiger partial charge in [0.1, 0.15) is 5.75 Å². The van der Waals surface area contributed by atoms with E-state index in [9.17, 15) is 21.6 Å². The van der Waals surface area contributed by atoms with Crippen molar-refractivity contribution in [2.45, 2.75) is 37.8 Å². The van der Waals surface area contributed by atoms with E-state index in [4.69, 9.17) is 9.88 Å². The van der Waals surface area contributed by atoms with Crippen LogP contribution in [0.3, 0.4) is 0 Å². The first-order chi connectivity index (χ1) is 8.92. The summed E-state index contributed by atoms with van der Waals surface area (Å²) in [6, 6.07) is 2.53. The Bertz CT molecular complexity index is 595. The van der Waals surface area contributed by atoms with Gasteiger partial charge in [-0.2, -0.15) is 13.2 Å². The molecule has 0 aliphatic rings. The number of hydrogen-bond acceptors (Lipinski definition) is 3. The number of hydrogen-bond donors (Lipinski definition) is 1. The third-order valence-electron chi connectivity index (χ3n) is 2.63. The summed E-state index contributed by atoms with van der Waals surface area (Å²) in [5.41, 5.74) is 0.609. The van der Waals surface area contributed by atoms with Gasteiger partial charge in [0.05, 0.1) is 4.90 Å². The summed E-state index contributed by atoms with van der Waals surface area (Å²) in [5, 5.41) is 5.07. The molecule has 114 valence electrons. The third-order valence-corrected chi connectivity index (χ3v) is 3.68. The van der Waals surface area contributed by atoms with Crippen LogP contribution in [0.2, 0.25) is 0 Å². The van der Waals surface area contributed by atoms with Crippen LogP contribution in [-0.4, -0.2) is 21.2 Å². The molecule has 0 aliphatic heterocycles. The maximum absolute atomic E-state index is 12.2. The largest absolute Gasteiger partial charge is 0.484 e. The molecule has 0 fully saturated rings. The minimum absolute atomic E-state index is 0.0159. The minimum Gasteiger partial charge on any atom is -0.484 e. The molecule has 1 aromatic carbocycles. The van der Waals surface area contributed by atoms with Crippen LogP contribution in [0, 0.1) is 6.92 Å². The lowest BCUT2D eigenvalue weighted by atomic mass is 10.0. The number of ether oxygens (including phenoxy) is 1. The number of benzene rings is 1. The maximum atomic E-state index is 12.2. The van der Waals surface area contributed by atoms with Crippen molar-refractivity contribution in [3.63, 3.8) is 0 Å². The first-order valence-electron chi connectivity index (χ1n) is 5.78. The monoisotopic (exact) mass is 311 g/mol. The van der Waals surface area contributed by atoms with E-state index in [1.54, 1.807) is 13.8 Å². The van der Waals surface area contributed by atoms with Crippen molar-refractivity contribution in [2.24, 2.45) is 5.14 Å². The van der Waals surface area contributed by atoms with E-state index in [2.05, 4.69) is 0 Å². The van der Waals surface area contributed by atoms with Crippen LogP contribution in [-0.2, 0) is 10.0 Å². The third kappa shape index (κ3) is 4.38. The highest BCUT2D eigenvalue weighted by Crippen LogP contribution is 2.32. The first kappa shape index (κ1) is 16.8. The van der Waals surface area contributed by atoms with Gasteiger partial charge in [0.25, 0.3) is 0 Å². The van der Waals surface area contributed by atoms with E-state index in [1.165, 1.54) is 19.1 Å². The van der Waals surface area contributed by atoms with E-state index in [0.717, 1.165) is 0 Å². The molecule has 4 nitrogen and oxygen atoms in total. The average molecular weight is 311 g/mol. The van der Waals surface area contributed by atoms with Gasteiger partial charge in [-0.3, -0.25) is 0 Å². The molecule has 0 spiro atoms. The lowest BCUT2D eigenvalue weighted by Gasteiger charge is -2.17. The van der Waals surface area contributed by atoms with E-state index >= 15 is 0 Å². The number of aryl methyl sites for hydroxylation is 1. The molecular formula is C12H16F3NO3S. The fraction of sp³-hybridized carbons (Fsp3) is 0.500. The Morgan fingerprint density at radius 3 is 2.25 bits per heavy atom. The van der Waals surface area contributed by atoms with Gasteiger partial charge in [0.15, 0.2) is 6.61 Å². The van der Waals surface area contributed by atoms with E-state index < -0.39 is 22.8 Å². The number of nitrogens with two attached hydrogens (primary N) is 1. The fourth-order valence-corrected chi connectivity index (χ4v) is 2.52. The molecule has 0 saturated heterocycles. The van der Waals surface area contributed by atoms with Crippen molar-refractivity contribution in [3.8, 4) is 5.75 Å². The van der Waals surface area contributed by atoms with E-state index in [1.807, 2.05) is 0 Å². The van der Waals surface area contributed by atoms with Gasteiger partial charge < -0.3 is 4.74 Å². The van der Waals surface area contributed by atoms with Crippen LogP contribution < -0.4 is 9.88 Å². The van der Waals surface area contributed by atoms with Crippen LogP contribution in [0.25, 0.3) is 0 Å². The number of sulfonamides is 1. The van der Waals surface area contributed by atoms with Gasteiger partial charge >= 0.3 is 6.18 Å². The molecule has 0 aliphatic carbocycles. The number of primary sulfonamides is 1. The minimum atomic E-state index is -4.46. The quantitative estimate of drug-likeness (QED) is 0.929. The SMILES string of the molecule is Cc1cc(OCC(F)(F)F)c(C(C)C)cc1S(N)(=O)=O. The van der Waals surface area contributed by atoms with Crippen LogP contribution in [0.1, 0.15) is 30.9 Å². The molecule has 8 heteroatoms. The van der Waals surface area contributed by atoms with Crippen molar-refractivity contribution in [3.05, 3.63) is 23.3 Å². The topological polar surface area (TPSA) is 69.4 Å². The van der Waals surface area contributed by atoms with E-state index in [0.29, 0.717) is 5.56 Å². The standard InChI is InChI=1S/C12H16F3NO3S/c1-7(2)9-5-11(20(16,17)18)8(3)4-10(9)19-6-12(13,14)15/h4-5,7H,6H2,1-3H3,(H2,16,17,18). The highest BCUT2D eigenvalue weighted by atomic mass is 32.2. The van der Waals surface area contributed by atoms with Gasteiger partial charge in [-0.1, -0.05) is 13.8 Å². The zero-order valence-electron chi connectivity index (χ0n) is 11.3. The second-order valence-corrected chi connectivity index (χ2v) is 6.29. The van der Waals surface area contributed by atoms with Gasteiger partial charge in [0, 0.05) is 0 Å². The summed E-state index contributed by atoms with van der Waals surface area (Å²) in [5.74, 6) is -0.193. The molecule has 0 unspecified atom stereocenters. The van der Waals surface area contributed by atoms with Crippen molar-refractivity contribution in [2.75, 3.05) is 6.61 Å². The second kappa shape index (κ2) is 5.61. The molecule has 0 saturated carbocycles. The van der Waals surface area contributed by atoms with Crippen molar-refractivity contribution in [1.29, 1.82) is 0 Å². The molecule has 0 heterocycles. The van der Waals surface area contributed by atoms with Crippen LogP contribution in [0.4, 0.5) is 13.2 Å². The normalized spacial score (nSPS) is 12.8. The van der Waals surface area contributed by atoms with Crippen molar-refractivity contribution >= 4 is 10.0 Å². The zero-order valence-corrected chi connectivity index (χ0v) is 12.1. The number of halogens is 3. The molecule has 0 radical (unpaired) electrons. The van der Waals surface area contributed by atoms with E-state index in [-0.39, 0.29) is 22.1 Å². The molecular weight excluding hydrogens is 295 g/mol. The Morgan fingerprint density at radius 2 is 1.85 bits per heavy atom. The highest BCUT2D eigenvalue weighted by Gasteiger charge is 2.29. The summed E-state index contributed by atoms with van der Waals surface area (Å²) in [7, 11) is -3.93. The Labute approximate surface area is 115 Å². The van der Waals surface area contributed by atoms with Gasteiger partial charge in [-0.25, -0.2) is 13.6 Å². The zero-order chi connectivity index (χ0) is 15.7. The molecule has 20 heavy (non-hydrogen) atoms. The number of rotatable bonds is 4. The molecule has 2 N–H and O–H groups in total. The first-order valence-corrected chi connectivity index (χ1v) is 7.33. The molecule has 1 rings (SSSR count). The average Bonchev–Trinajstić information content (AvgIpc) is 2.23. The maximum Gasteiger partial charge on any atom is 0.422 e. The summed E-state index contributed by atoms with van der Waals surface area (Å²) >= 11 is 0. The smallest absolute Gasteiger partial charge is 0.422 e. The molecule has 0 amide bonds. The Kier molecular flexibility index (Phi) is 4.70. The molecule has 0 aromatic heterocycles. The second-order valence-electron chi connectivity index (χ2n) is 4.76. The van der Waals surface area contributed by atoms with Gasteiger partial charge in [-0.05, 0) is 36.1 Å². The molecule has 0 atom stereocenters. The predicted octanol–water partition coefficient (Wildman–Crippen LogP) is 2.71. The predicted molar refractivity (Wildman–Crippen MR) is 68.2 cm³/mol. The summed E-state index contributed by atoms with van der Waals surface area (Å²) in [4.78, 5) is -0.111. The van der Waals surface area contributed by atoms with Crippen LogP contribution in [0.5, 0.6) is 5.75 Å². The molecule has 1 aromatic rings. The molecule has 0 bridgehead atoms. The van der Waals surface area contributed by atoms with Crippen molar-refractivity contribution in [1.82, 2.24) is 0 Å². The van der Waals surface area contributed by atoms with Crippen molar-refractivity contribution < 1.29 is 26.3 Å². The summed E-state index contributed by atoms with van der Waals surface area (Å²) in [6.45, 7) is 3.46. The summed E-state index contributed by atoms with van der Waals surface area (Å²) in [6.07, 6.45) is -4.46. The number of alkyl halides is 3. The Morgan fingerprint density at radius 1 is 1.30 bits per heavy atom. The fourth-order valence-electron chi connectivity index (χ4n) is 1.72. The lowest BCUT2D eigenvalue weighted by Crippen LogP contribution is -2.20. The van der Waals surface area contributed by atoms with Gasteiger partial charge in [-0.15, -0.1) is 0 Å². The Hall–Kier alpha value is -1.28. The highest BCUT2D eigenvalue weighted by molar-refractivity contribution is 7.89. The Balaban J connectivity index is 3.29. The van der Waals surface area contributed by atoms with Gasteiger partial charge in [0.2, 0.25) is 10.0 Å². The summed E-state index contributed by atoms with van der Waals surface area (Å²) < 4.78 is 64.2. The van der Waals surface area contributed by atoms with Crippen LogP contribution >= 0.6 is 0 Å². The lowest BCUT2D eigenvalue weighted by molar-refractivity contribution is -0.153.